The summed E-state index contributed by atoms with van der Waals surface area (Å²) < 4.78 is 8.06. The van der Waals surface area contributed by atoms with E-state index in [0.29, 0.717) is 37.7 Å². The van der Waals surface area contributed by atoms with E-state index in [2.05, 4.69) is 17.2 Å². The maximum Gasteiger partial charge on any atom is 0.223 e. The third-order valence-electron chi connectivity index (χ3n) is 5.01. The number of carbonyl (C=O) groups is 1. The summed E-state index contributed by atoms with van der Waals surface area (Å²) in [6.07, 6.45) is 2.25. The molecule has 1 aliphatic rings. The molecule has 0 saturated carbocycles. The summed E-state index contributed by atoms with van der Waals surface area (Å²) in [6, 6.07) is 15.4. The summed E-state index contributed by atoms with van der Waals surface area (Å²) in [7, 11) is 0. The van der Waals surface area contributed by atoms with Crippen molar-refractivity contribution in [1.29, 1.82) is 0 Å². The monoisotopic (exact) mass is 395 g/mol. The van der Waals surface area contributed by atoms with E-state index in [0.717, 1.165) is 22.6 Å². The molecule has 3 aromatic rings. The van der Waals surface area contributed by atoms with Crippen LogP contribution in [0.1, 0.15) is 18.2 Å². The molecule has 5 nitrogen and oxygen atoms in total. The van der Waals surface area contributed by atoms with Gasteiger partial charge in [-0.15, -0.1) is 6.58 Å². The van der Waals surface area contributed by atoms with Crippen molar-refractivity contribution in [3.05, 3.63) is 72.0 Å². The standard InChI is InChI=1S/C22H22ClN3O2/c1-2-11-25-15-16(14-21(25)27)22-24-19-5-3-4-6-20(19)26(22)12-13-28-18-9-7-17(23)8-10-18/h2-10,16H,1,11-15H2. The van der Waals surface area contributed by atoms with Crippen LogP contribution >= 0.6 is 11.6 Å². The highest BCUT2D eigenvalue weighted by atomic mass is 35.5. The second-order valence-corrected chi connectivity index (χ2v) is 7.34. The Morgan fingerprint density at radius 1 is 1.21 bits per heavy atom. The van der Waals surface area contributed by atoms with Crippen molar-refractivity contribution >= 4 is 28.5 Å². The van der Waals surface area contributed by atoms with E-state index >= 15 is 0 Å². The minimum absolute atomic E-state index is 0.0791. The Kier molecular flexibility index (Phi) is 5.35. The van der Waals surface area contributed by atoms with Gasteiger partial charge in [0, 0.05) is 30.5 Å². The largest absolute Gasteiger partial charge is 0.492 e. The Balaban J connectivity index is 1.56. The molecule has 0 spiro atoms. The molecular formula is C22H22ClN3O2. The average molecular weight is 396 g/mol. The van der Waals surface area contributed by atoms with Gasteiger partial charge in [-0.3, -0.25) is 4.79 Å². The van der Waals surface area contributed by atoms with Crippen molar-refractivity contribution in [2.24, 2.45) is 0 Å². The third-order valence-corrected chi connectivity index (χ3v) is 5.26. The summed E-state index contributed by atoms with van der Waals surface area (Å²) >= 11 is 5.93. The first-order valence-electron chi connectivity index (χ1n) is 9.38. The van der Waals surface area contributed by atoms with Crippen LogP contribution in [0.2, 0.25) is 5.02 Å². The number of para-hydroxylation sites is 2. The number of imidazole rings is 1. The molecule has 1 atom stereocenters. The van der Waals surface area contributed by atoms with Gasteiger partial charge in [0.15, 0.2) is 0 Å². The molecule has 0 aliphatic carbocycles. The summed E-state index contributed by atoms with van der Waals surface area (Å²) in [5.74, 6) is 1.96. The van der Waals surface area contributed by atoms with Gasteiger partial charge in [-0.25, -0.2) is 4.98 Å². The maximum absolute atomic E-state index is 12.3. The van der Waals surface area contributed by atoms with E-state index < -0.39 is 0 Å². The quantitative estimate of drug-likeness (QED) is 0.561. The van der Waals surface area contributed by atoms with E-state index in [9.17, 15) is 4.79 Å². The number of nitrogens with zero attached hydrogens (tertiary/aromatic N) is 3. The van der Waals surface area contributed by atoms with Gasteiger partial charge in [0.05, 0.1) is 17.6 Å². The zero-order chi connectivity index (χ0) is 19.5. The topological polar surface area (TPSA) is 47.4 Å². The molecule has 6 heteroatoms. The van der Waals surface area contributed by atoms with Gasteiger partial charge >= 0.3 is 0 Å². The zero-order valence-electron chi connectivity index (χ0n) is 15.6. The lowest BCUT2D eigenvalue weighted by atomic mass is 10.1. The van der Waals surface area contributed by atoms with Crippen molar-refractivity contribution in [2.75, 3.05) is 19.7 Å². The fourth-order valence-corrected chi connectivity index (χ4v) is 3.83. The number of fused-ring (bicyclic) bond motifs is 1. The number of ether oxygens (including phenoxy) is 1. The van der Waals surface area contributed by atoms with Gasteiger partial charge in [0.2, 0.25) is 5.91 Å². The fourth-order valence-electron chi connectivity index (χ4n) is 3.70. The van der Waals surface area contributed by atoms with Gasteiger partial charge < -0.3 is 14.2 Å². The summed E-state index contributed by atoms with van der Waals surface area (Å²) in [4.78, 5) is 19.0. The molecule has 2 heterocycles. The van der Waals surface area contributed by atoms with Crippen LogP contribution in [-0.2, 0) is 11.3 Å². The first-order chi connectivity index (χ1) is 13.7. The molecular weight excluding hydrogens is 374 g/mol. The molecule has 2 aromatic carbocycles. The second kappa shape index (κ2) is 8.07. The lowest BCUT2D eigenvalue weighted by Gasteiger charge is -2.16. The minimum Gasteiger partial charge on any atom is -0.492 e. The Morgan fingerprint density at radius 2 is 2.00 bits per heavy atom. The van der Waals surface area contributed by atoms with Gasteiger partial charge in [-0.05, 0) is 36.4 Å². The molecule has 0 bridgehead atoms. The van der Waals surface area contributed by atoms with Crippen molar-refractivity contribution in [3.63, 3.8) is 0 Å². The van der Waals surface area contributed by atoms with Crippen LogP contribution in [0.15, 0.2) is 61.2 Å². The van der Waals surface area contributed by atoms with E-state index in [4.69, 9.17) is 21.3 Å². The first kappa shape index (κ1) is 18.6. The van der Waals surface area contributed by atoms with Gasteiger partial charge in [-0.1, -0.05) is 29.8 Å². The van der Waals surface area contributed by atoms with Crippen molar-refractivity contribution in [3.8, 4) is 5.75 Å². The zero-order valence-corrected chi connectivity index (χ0v) is 16.3. The van der Waals surface area contributed by atoms with E-state index in [1.807, 2.05) is 47.4 Å². The van der Waals surface area contributed by atoms with Crippen LogP contribution < -0.4 is 4.74 Å². The molecule has 28 heavy (non-hydrogen) atoms. The number of benzene rings is 2. The highest BCUT2D eigenvalue weighted by molar-refractivity contribution is 6.30. The van der Waals surface area contributed by atoms with Crippen LogP contribution in [0, 0.1) is 0 Å². The van der Waals surface area contributed by atoms with Gasteiger partial charge in [0.1, 0.15) is 18.2 Å². The fraction of sp³-hybridized carbons (Fsp3) is 0.273. The Bertz CT molecular complexity index is 997. The number of aromatic nitrogens is 2. The lowest BCUT2D eigenvalue weighted by molar-refractivity contribution is -0.127. The maximum atomic E-state index is 12.3. The van der Waals surface area contributed by atoms with Crippen molar-refractivity contribution < 1.29 is 9.53 Å². The molecule has 4 rings (SSSR count). The van der Waals surface area contributed by atoms with E-state index in [-0.39, 0.29) is 11.8 Å². The summed E-state index contributed by atoms with van der Waals surface area (Å²) in [5.41, 5.74) is 2.01. The average Bonchev–Trinajstić information content (AvgIpc) is 3.25. The van der Waals surface area contributed by atoms with Crippen LogP contribution in [0.5, 0.6) is 5.75 Å². The minimum atomic E-state index is 0.0791. The molecule has 144 valence electrons. The van der Waals surface area contributed by atoms with Crippen molar-refractivity contribution in [1.82, 2.24) is 14.5 Å². The number of rotatable bonds is 7. The highest BCUT2D eigenvalue weighted by Gasteiger charge is 2.33. The summed E-state index contributed by atoms with van der Waals surface area (Å²) in [5, 5.41) is 0.685. The van der Waals surface area contributed by atoms with Crippen molar-refractivity contribution in [2.45, 2.75) is 18.9 Å². The highest BCUT2D eigenvalue weighted by Crippen LogP contribution is 2.30. The second-order valence-electron chi connectivity index (χ2n) is 6.90. The predicted octanol–water partition coefficient (Wildman–Crippen LogP) is 4.27. The number of likely N-dealkylation sites (tertiary alicyclic amines) is 1. The Labute approximate surface area is 169 Å². The molecule has 1 fully saturated rings. The number of hydrogen-bond acceptors (Lipinski definition) is 3. The molecule has 1 aliphatic heterocycles. The molecule has 1 unspecified atom stereocenters. The van der Waals surface area contributed by atoms with Gasteiger partial charge in [-0.2, -0.15) is 0 Å². The van der Waals surface area contributed by atoms with Gasteiger partial charge in [0.25, 0.3) is 0 Å². The molecule has 1 aromatic heterocycles. The molecule has 1 amide bonds. The normalized spacial score (nSPS) is 16.7. The SMILES string of the molecule is C=CCN1CC(c2nc3ccccc3n2CCOc2ccc(Cl)cc2)CC1=O. The van der Waals surface area contributed by atoms with Crippen LogP contribution in [0.4, 0.5) is 0 Å². The van der Waals surface area contributed by atoms with E-state index in [1.165, 1.54) is 0 Å². The molecule has 0 N–H and O–H groups in total. The van der Waals surface area contributed by atoms with Crippen LogP contribution in [0.25, 0.3) is 11.0 Å². The predicted molar refractivity (Wildman–Crippen MR) is 111 cm³/mol. The van der Waals surface area contributed by atoms with Crippen LogP contribution in [0.3, 0.4) is 0 Å². The molecule has 0 radical (unpaired) electrons. The summed E-state index contributed by atoms with van der Waals surface area (Å²) in [6.45, 7) is 6.16. The number of hydrogen-bond donors (Lipinski definition) is 0. The van der Waals surface area contributed by atoms with E-state index in [1.54, 1.807) is 6.08 Å². The Hall–Kier alpha value is -2.79. The van der Waals surface area contributed by atoms with Crippen LogP contribution in [-0.4, -0.2) is 40.1 Å². The first-order valence-corrected chi connectivity index (χ1v) is 9.75. The number of amides is 1. The number of carbonyl (C=O) groups excluding carboxylic acids is 1. The molecule has 1 saturated heterocycles. The lowest BCUT2D eigenvalue weighted by Crippen LogP contribution is -2.25. The smallest absolute Gasteiger partial charge is 0.223 e. The number of halogens is 1. The third kappa shape index (κ3) is 3.76. The Morgan fingerprint density at radius 3 is 2.79 bits per heavy atom.